The van der Waals surface area contributed by atoms with E-state index in [9.17, 15) is 9.59 Å². The number of hydrogen-bond donors (Lipinski definition) is 1. The van der Waals surface area contributed by atoms with Crippen LogP contribution in [0.5, 0.6) is 0 Å². The normalized spacial score (nSPS) is 10.7. The van der Waals surface area contributed by atoms with Crippen molar-refractivity contribution in [1.82, 2.24) is 19.7 Å². The van der Waals surface area contributed by atoms with Crippen molar-refractivity contribution in [3.05, 3.63) is 42.5 Å². The first-order chi connectivity index (χ1) is 10.5. The Hall–Kier alpha value is -2.70. The lowest BCUT2D eigenvalue weighted by atomic mass is 10.1. The molecular formula is C15H18N4O3. The lowest BCUT2D eigenvalue weighted by Gasteiger charge is -2.22. The molecule has 0 aliphatic rings. The van der Waals surface area contributed by atoms with Crippen molar-refractivity contribution in [3.63, 3.8) is 0 Å². The first kappa shape index (κ1) is 15.7. The number of carboxylic acid groups (broad SMARTS) is 1. The van der Waals surface area contributed by atoms with Crippen molar-refractivity contribution in [3.8, 4) is 5.69 Å². The second kappa shape index (κ2) is 6.84. The third-order valence-electron chi connectivity index (χ3n) is 3.03. The van der Waals surface area contributed by atoms with Gasteiger partial charge in [-0.15, -0.1) is 10.2 Å². The molecular weight excluding hydrogens is 284 g/mol. The highest BCUT2D eigenvalue weighted by Crippen LogP contribution is 2.12. The van der Waals surface area contributed by atoms with Gasteiger partial charge in [0, 0.05) is 17.8 Å². The van der Waals surface area contributed by atoms with Gasteiger partial charge in [0.25, 0.3) is 5.91 Å². The first-order valence-electron chi connectivity index (χ1n) is 6.93. The SMILES string of the molecule is CC(C)CN(CC(=O)O)C(=O)c1ccc(-n2cnnc2)cc1. The van der Waals surface area contributed by atoms with E-state index in [0.717, 1.165) is 5.69 Å². The van der Waals surface area contributed by atoms with E-state index >= 15 is 0 Å². The highest BCUT2D eigenvalue weighted by atomic mass is 16.4. The fourth-order valence-corrected chi connectivity index (χ4v) is 2.12. The summed E-state index contributed by atoms with van der Waals surface area (Å²) in [4.78, 5) is 24.7. The van der Waals surface area contributed by atoms with Gasteiger partial charge in [-0.05, 0) is 30.2 Å². The average molecular weight is 302 g/mol. The number of carboxylic acids is 1. The Kier molecular flexibility index (Phi) is 4.88. The summed E-state index contributed by atoms with van der Waals surface area (Å²) < 4.78 is 1.72. The lowest BCUT2D eigenvalue weighted by Crippen LogP contribution is -2.38. The number of benzene rings is 1. The van der Waals surface area contributed by atoms with Gasteiger partial charge in [0.1, 0.15) is 19.2 Å². The van der Waals surface area contributed by atoms with E-state index in [-0.39, 0.29) is 18.4 Å². The Morgan fingerprint density at radius 3 is 2.27 bits per heavy atom. The standard InChI is InChI=1S/C15H18N4O3/c1-11(2)7-18(8-14(20)21)15(22)12-3-5-13(6-4-12)19-9-16-17-10-19/h3-6,9-11H,7-8H2,1-2H3,(H,20,21). The van der Waals surface area contributed by atoms with E-state index < -0.39 is 5.97 Å². The van der Waals surface area contributed by atoms with E-state index in [2.05, 4.69) is 10.2 Å². The van der Waals surface area contributed by atoms with Crippen LogP contribution in [-0.4, -0.2) is 49.7 Å². The summed E-state index contributed by atoms with van der Waals surface area (Å²) in [5.41, 5.74) is 1.29. The molecule has 1 aromatic carbocycles. The van der Waals surface area contributed by atoms with Crippen molar-refractivity contribution in [2.45, 2.75) is 13.8 Å². The molecule has 7 heteroatoms. The van der Waals surface area contributed by atoms with Crippen LogP contribution in [0.15, 0.2) is 36.9 Å². The minimum absolute atomic E-state index is 0.194. The predicted molar refractivity (Wildman–Crippen MR) is 79.7 cm³/mol. The minimum Gasteiger partial charge on any atom is -0.480 e. The molecule has 22 heavy (non-hydrogen) atoms. The number of hydrogen-bond acceptors (Lipinski definition) is 4. The van der Waals surface area contributed by atoms with Crippen LogP contribution in [0.1, 0.15) is 24.2 Å². The van der Waals surface area contributed by atoms with Crippen molar-refractivity contribution in [1.29, 1.82) is 0 Å². The molecule has 7 nitrogen and oxygen atoms in total. The number of carbonyl (C=O) groups excluding carboxylic acids is 1. The maximum atomic E-state index is 12.4. The highest BCUT2D eigenvalue weighted by Gasteiger charge is 2.19. The van der Waals surface area contributed by atoms with Gasteiger partial charge in [-0.25, -0.2) is 0 Å². The zero-order chi connectivity index (χ0) is 16.1. The lowest BCUT2D eigenvalue weighted by molar-refractivity contribution is -0.137. The van der Waals surface area contributed by atoms with Gasteiger partial charge in [-0.1, -0.05) is 13.8 Å². The van der Waals surface area contributed by atoms with Gasteiger partial charge >= 0.3 is 5.97 Å². The van der Waals surface area contributed by atoms with Gasteiger partial charge in [-0.3, -0.25) is 14.2 Å². The Bertz CT molecular complexity index is 635. The molecule has 2 aromatic rings. The molecule has 0 radical (unpaired) electrons. The Balaban J connectivity index is 2.17. The molecule has 1 heterocycles. The summed E-state index contributed by atoms with van der Waals surface area (Å²) in [5.74, 6) is -1.11. The molecule has 0 unspecified atom stereocenters. The van der Waals surface area contributed by atoms with Crippen molar-refractivity contribution in [2.24, 2.45) is 5.92 Å². The second-order valence-corrected chi connectivity index (χ2v) is 5.39. The molecule has 0 aliphatic heterocycles. The van der Waals surface area contributed by atoms with Gasteiger partial charge in [-0.2, -0.15) is 0 Å². The summed E-state index contributed by atoms with van der Waals surface area (Å²) in [5, 5.41) is 16.4. The summed E-state index contributed by atoms with van der Waals surface area (Å²) in [7, 11) is 0. The van der Waals surface area contributed by atoms with E-state index in [0.29, 0.717) is 12.1 Å². The summed E-state index contributed by atoms with van der Waals surface area (Å²) in [6.07, 6.45) is 3.12. The Morgan fingerprint density at radius 2 is 1.77 bits per heavy atom. The summed E-state index contributed by atoms with van der Waals surface area (Å²) in [6, 6.07) is 6.88. The molecule has 0 atom stereocenters. The van der Waals surface area contributed by atoms with Crippen LogP contribution in [0.2, 0.25) is 0 Å². The topological polar surface area (TPSA) is 88.3 Å². The highest BCUT2D eigenvalue weighted by molar-refractivity contribution is 5.96. The van der Waals surface area contributed by atoms with Crippen molar-refractivity contribution in [2.75, 3.05) is 13.1 Å². The van der Waals surface area contributed by atoms with Crippen LogP contribution in [0.4, 0.5) is 0 Å². The third kappa shape index (κ3) is 3.91. The van der Waals surface area contributed by atoms with E-state index in [4.69, 9.17) is 5.11 Å². The van der Waals surface area contributed by atoms with Crippen LogP contribution in [-0.2, 0) is 4.79 Å². The molecule has 0 saturated heterocycles. The van der Waals surface area contributed by atoms with Crippen LogP contribution in [0.3, 0.4) is 0 Å². The van der Waals surface area contributed by atoms with Crippen LogP contribution >= 0.6 is 0 Å². The van der Waals surface area contributed by atoms with E-state index in [1.807, 2.05) is 13.8 Å². The zero-order valence-corrected chi connectivity index (χ0v) is 12.5. The number of nitrogens with zero attached hydrogens (tertiary/aromatic N) is 4. The quantitative estimate of drug-likeness (QED) is 0.872. The third-order valence-corrected chi connectivity index (χ3v) is 3.03. The minimum atomic E-state index is -1.02. The number of aliphatic carboxylic acids is 1. The second-order valence-electron chi connectivity index (χ2n) is 5.39. The van der Waals surface area contributed by atoms with E-state index in [1.54, 1.807) is 41.5 Å². The maximum Gasteiger partial charge on any atom is 0.323 e. The molecule has 116 valence electrons. The van der Waals surface area contributed by atoms with Crippen LogP contribution < -0.4 is 0 Å². The van der Waals surface area contributed by atoms with Gasteiger partial charge < -0.3 is 10.0 Å². The number of amides is 1. The molecule has 2 rings (SSSR count). The fourth-order valence-electron chi connectivity index (χ4n) is 2.12. The average Bonchev–Trinajstić information content (AvgIpc) is 2.99. The fraction of sp³-hybridized carbons (Fsp3) is 0.333. The van der Waals surface area contributed by atoms with Crippen molar-refractivity contribution < 1.29 is 14.7 Å². The molecule has 1 amide bonds. The molecule has 0 spiro atoms. The molecule has 0 saturated carbocycles. The summed E-state index contributed by atoms with van der Waals surface area (Å²) in [6.45, 7) is 3.98. The molecule has 0 bridgehead atoms. The zero-order valence-electron chi connectivity index (χ0n) is 12.5. The Morgan fingerprint density at radius 1 is 1.18 bits per heavy atom. The van der Waals surface area contributed by atoms with Gasteiger partial charge in [0.15, 0.2) is 0 Å². The predicted octanol–water partition coefficient (Wildman–Crippen LogP) is 1.45. The van der Waals surface area contributed by atoms with Gasteiger partial charge in [0.2, 0.25) is 0 Å². The molecule has 1 aromatic heterocycles. The molecule has 0 fully saturated rings. The van der Waals surface area contributed by atoms with Crippen molar-refractivity contribution >= 4 is 11.9 Å². The smallest absolute Gasteiger partial charge is 0.323 e. The molecule has 1 N–H and O–H groups in total. The van der Waals surface area contributed by atoms with E-state index in [1.165, 1.54) is 4.90 Å². The summed E-state index contributed by atoms with van der Waals surface area (Å²) >= 11 is 0. The largest absolute Gasteiger partial charge is 0.480 e. The maximum absolute atomic E-state index is 12.4. The van der Waals surface area contributed by atoms with Crippen LogP contribution in [0, 0.1) is 5.92 Å². The first-order valence-corrected chi connectivity index (χ1v) is 6.93. The van der Waals surface area contributed by atoms with Gasteiger partial charge in [0.05, 0.1) is 0 Å². The monoisotopic (exact) mass is 302 g/mol. The number of rotatable bonds is 6. The number of aromatic nitrogens is 3. The van der Waals surface area contributed by atoms with Crippen LogP contribution in [0.25, 0.3) is 5.69 Å². The Labute approximate surface area is 128 Å². The molecule has 0 aliphatic carbocycles. The number of carbonyl (C=O) groups is 2.